The molecule has 0 aliphatic carbocycles. The molecule has 9 nitrogen and oxygen atoms in total. The van der Waals surface area contributed by atoms with Gasteiger partial charge in [0.2, 0.25) is 5.88 Å². The number of nitrogens with two attached hydrogens (primary N) is 1. The van der Waals surface area contributed by atoms with Crippen LogP contribution in [0.15, 0.2) is 46.3 Å². The van der Waals surface area contributed by atoms with Crippen molar-refractivity contribution in [3.8, 4) is 5.88 Å². The number of aliphatic imine (C=N–C) groups is 1. The van der Waals surface area contributed by atoms with Crippen molar-refractivity contribution in [3.63, 3.8) is 0 Å². The first-order valence-corrected chi connectivity index (χ1v) is 12.0. The molecule has 1 aromatic carbocycles. The lowest BCUT2D eigenvalue weighted by atomic mass is 9.99. The molecule has 0 bridgehead atoms. The fourth-order valence-electron chi connectivity index (χ4n) is 3.52. The predicted octanol–water partition coefficient (Wildman–Crippen LogP) is 5.17. The smallest absolute Gasteiger partial charge is 0.253 e. The minimum Gasteiger partial charge on any atom is -0.470 e. The Balaban J connectivity index is 1.59. The van der Waals surface area contributed by atoms with E-state index < -0.39 is 29.2 Å². The van der Waals surface area contributed by atoms with Gasteiger partial charge in [0.25, 0.3) is 6.43 Å². The Morgan fingerprint density at radius 3 is 2.74 bits per heavy atom. The van der Waals surface area contributed by atoms with E-state index in [1.54, 1.807) is 13.0 Å². The Morgan fingerprint density at radius 2 is 2.05 bits per heavy atom. The molecule has 4 aromatic rings. The van der Waals surface area contributed by atoms with Gasteiger partial charge >= 0.3 is 0 Å². The third kappa shape index (κ3) is 6.13. The Hall–Kier alpha value is -3.94. The summed E-state index contributed by atoms with van der Waals surface area (Å²) in [5.41, 5.74) is 6.76. The second kappa shape index (κ2) is 11.2. The Bertz CT molecular complexity index is 1480. The Kier molecular flexibility index (Phi) is 7.99. The van der Waals surface area contributed by atoms with Gasteiger partial charge in [0.15, 0.2) is 28.5 Å². The van der Waals surface area contributed by atoms with Crippen LogP contribution in [0, 0.1) is 18.6 Å². The number of fused-ring (bicyclic) bond motifs is 1. The molecule has 0 fully saturated rings. The number of thioether (sulfide) groups is 1. The minimum atomic E-state index is -2.90. The average Bonchev–Trinajstić information content (AvgIpc) is 3.30. The molecule has 0 amide bonds. The van der Waals surface area contributed by atoms with Gasteiger partial charge in [-0.3, -0.25) is 4.99 Å². The number of rotatable bonds is 9. The zero-order valence-electron chi connectivity index (χ0n) is 20.5. The first-order chi connectivity index (χ1) is 18.1. The first kappa shape index (κ1) is 27.1. The number of aryl methyl sites for hydroxylation is 1. The van der Waals surface area contributed by atoms with E-state index in [0.29, 0.717) is 34.4 Å². The maximum atomic E-state index is 14.6. The molecule has 3 aromatic heterocycles. The summed E-state index contributed by atoms with van der Waals surface area (Å²) in [7, 11) is 1.35. The van der Waals surface area contributed by atoms with Crippen LogP contribution in [0.5, 0.6) is 5.88 Å². The molecule has 14 heteroatoms. The number of benzene rings is 1. The Morgan fingerprint density at radius 1 is 1.26 bits per heavy atom. The highest BCUT2D eigenvalue weighted by Gasteiger charge is 2.38. The maximum absolute atomic E-state index is 14.6. The third-order valence-electron chi connectivity index (χ3n) is 5.40. The predicted molar refractivity (Wildman–Crippen MR) is 136 cm³/mol. The van der Waals surface area contributed by atoms with Crippen molar-refractivity contribution in [2.45, 2.75) is 38.0 Å². The van der Waals surface area contributed by atoms with Gasteiger partial charge in [0, 0.05) is 31.9 Å². The van der Waals surface area contributed by atoms with Crippen molar-refractivity contribution >= 4 is 39.5 Å². The molecule has 0 spiro atoms. The molecular formula is C24H23F4N7O2S. The molecule has 0 aliphatic rings. The number of hydrogen-bond donors (Lipinski definition) is 2. The zero-order valence-corrected chi connectivity index (χ0v) is 21.3. The number of halogens is 4. The molecule has 0 aliphatic heterocycles. The summed E-state index contributed by atoms with van der Waals surface area (Å²) in [5, 5.41) is 2.78. The summed E-state index contributed by atoms with van der Waals surface area (Å²) in [6, 6.07) is 3.74. The van der Waals surface area contributed by atoms with E-state index >= 15 is 0 Å². The van der Waals surface area contributed by atoms with E-state index in [0.717, 1.165) is 6.07 Å². The van der Waals surface area contributed by atoms with Crippen LogP contribution in [0.3, 0.4) is 0 Å². The first-order valence-electron chi connectivity index (χ1n) is 11.2. The van der Waals surface area contributed by atoms with Crippen molar-refractivity contribution in [2.75, 3.05) is 12.4 Å². The van der Waals surface area contributed by atoms with Crippen LogP contribution in [0.25, 0.3) is 11.0 Å². The fourth-order valence-corrected chi connectivity index (χ4v) is 4.40. The lowest BCUT2D eigenvalue weighted by molar-refractivity contribution is 0.106. The highest BCUT2D eigenvalue weighted by molar-refractivity contribution is 8.15. The summed E-state index contributed by atoms with van der Waals surface area (Å²) in [6.45, 7) is 3.05. The molecule has 38 heavy (non-hydrogen) atoms. The lowest BCUT2D eigenvalue weighted by Gasteiger charge is -2.28. The standard InChI is InChI=1S/C24H23F4N7O2S/c1-12-33-15(10-36-12)11-37-18-9-32-20-17(35-18)4-5-31-21(20)34-14-6-13(19(26)16(25)7-14)8-24(2,22(27)28)38-23(29)30-3/h4-7,9-10,22H,8,11H2,1-3H3,(H2,29,30)(H,31,34)/t24-/m1/s1. The second-order valence-corrected chi connectivity index (χ2v) is 9.95. The number of ether oxygens (including phenoxy) is 1. The van der Waals surface area contributed by atoms with Crippen LogP contribution in [0.1, 0.15) is 24.1 Å². The van der Waals surface area contributed by atoms with Crippen molar-refractivity contribution < 1.29 is 26.7 Å². The molecule has 0 saturated carbocycles. The molecule has 4 rings (SSSR count). The number of aromatic nitrogens is 4. The van der Waals surface area contributed by atoms with Gasteiger partial charge in [-0.15, -0.1) is 0 Å². The maximum Gasteiger partial charge on any atom is 0.253 e. The van der Waals surface area contributed by atoms with Gasteiger partial charge < -0.3 is 20.2 Å². The van der Waals surface area contributed by atoms with E-state index in [-0.39, 0.29) is 34.7 Å². The van der Waals surface area contributed by atoms with E-state index in [2.05, 4.69) is 30.2 Å². The Labute approximate surface area is 219 Å². The topological polar surface area (TPSA) is 124 Å². The fraction of sp³-hybridized carbons (Fsp3) is 0.292. The summed E-state index contributed by atoms with van der Waals surface area (Å²) in [4.78, 5) is 20.8. The van der Waals surface area contributed by atoms with Gasteiger partial charge in [0.1, 0.15) is 24.1 Å². The van der Waals surface area contributed by atoms with Gasteiger partial charge in [-0.1, -0.05) is 11.8 Å². The van der Waals surface area contributed by atoms with Crippen molar-refractivity contribution in [2.24, 2.45) is 10.7 Å². The van der Waals surface area contributed by atoms with Crippen LogP contribution in [0.4, 0.5) is 29.1 Å². The monoisotopic (exact) mass is 549 g/mol. The molecule has 200 valence electrons. The van der Waals surface area contributed by atoms with Gasteiger partial charge in [-0.25, -0.2) is 37.5 Å². The van der Waals surface area contributed by atoms with E-state index in [1.807, 2.05) is 0 Å². The summed E-state index contributed by atoms with van der Waals surface area (Å²) in [5.74, 6) is -1.52. The summed E-state index contributed by atoms with van der Waals surface area (Å²) < 4.78 is 65.8. The quantitative estimate of drug-likeness (QED) is 0.165. The van der Waals surface area contributed by atoms with Crippen molar-refractivity contribution in [3.05, 3.63) is 65.6 Å². The summed E-state index contributed by atoms with van der Waals surface area (Å²) >= 11 is 0.598. The van der Waals surface area contributed by atoms with Crippen molar-refractivity contribution in [1.82, 2.24) is 19.9 Å². The number of amidine groups is 1. The second-order valence-electron chi connectivity index (χ2n) is 8.39. The number of nitrogens with one attached hydrogen (secondary N) is 1. The normalized spacial score (nSPS) is 13.6. The highest BCUT2D eigenvalue weighted by atomic mass is 32.2. The van der Waals surface area contributed by atoms with Crippen LogP contribution in [0.2, 0.25) is 0 Å². The molecule has 0 unspecified atom stereocenters. The number of anilines is 2. The van der Waals surface area contributed by atoms with Gasteiger partial charge in [-0.2, -0.15) is 0 Å². The molecule has 0 saturated heterocycles. The highest BCUT2D eigenvalue weighted by Crippen LogP contribution is 2.37. The largest absolute Gasteiger partial charge is 0.470 e. The number of hydrogen-bond acceptors (Lipinski definition) is 9. The summed E-state index contributed by atoms with van der Waals surface area (Å²) in [6.07, 6.45) is 0.886. The van der Waals surface area contributed by atoms with E-state index in [9.17, 15) is 17.6 Å². The minimum absolute atomic E-state index is 0.0844. The van der Waals surface area contributed by atoms with Crippen LogP contribution < -0.4 is 15.8 Å². The number of pyridine rings is 1. The van der Waals surface area contributed by atoms with Crippen LogP contribution in [-0.2, 0) is 13.0 Å². The lowest BCUT2D eigenvalue weighted by Crippen LogP contribution is -2.36. The molecule has 3 N–H and O–H groups in total. The molecule has 1 atom stereocenters. The van der Waals surface area contributed by atoms with Crippen molar-refractivity contribution in [1.29, 1.82) is 0 Å². The molecule has 0 radical (unpaired) electrons. The number of alkyl halides is 2. The number of nitrogens with zero attached hydrogens (tertiary/aromatic N) is 5. The van der Waals surface area contributed by atoms with E-state index in [4.69, 9.17) is 14.9 Å². The third-order valence-corrected chi connectivity index (χ3v) is 6.58. The van der Waals surface area contributed by atoms with Gasteiger partial charge in [-0.05, 0) is 31.0 Å². The van der Waals surface area contributed by atoms with Gasteiger partial charge in [0.05, 0.1) is 16.5 Å². The van der Waals surface area contributed by atoms with Crippen LogP contribution >= 0.6 is 11.8 Å². The van der Waals surface area contributed by atoms with E-state index in [1.165, 1.54) is 38.7 Å². The zero-order chi connectivity index (χ0) is 27.4. The molecule has 3 heterocycles. The number of oxazole rings is 1. The van der Waals surface area contributed by atoms with Crippen LogP contribution in [-0.4, -0.2) is 43.3 Å². The average molecular weight is 550 g/mol. The SMILES string of the molecule is C/N=C(/N)S[C@](C)(Cc1cc(Nc2nccc3nc(OCc4coc(C)n4)cnc23)cc(F)c1F)C(F)F. The molecular weight excluding hydrogens is 526 g/mol.